The molecule has 1 aliphatic rings. The molecule has 1 fully saturated rings. The van der Waals surface area contributed by atoms with Crippen molar-refractivity contribution in [3.05, 3.63) is 102 Å². The van der Waals surface area contributed by atoms with E-state index in [2.05, 4.69) is 54.1 Å². The van der Waals surface area contributed by atoms with E-state index in [0.29, 0.717) is 30.5 Å². The Bertz CT molecular complexity index is 2580. The number of para-hydroxylation sites is 1. The van der Waals surface area contributed by atoms with Crippen molar-refractivity contribution in [2.75, 3.05) is 18.1 Å². The number of aliphatic hydroxyl groups is 1. The predicted octanol–water partition coefficient (Wildman–Crippen LogP) is -6.35. The van der Waals surface area contributed by atoms with Crippen LogP contribution < -0.4 is 64.4 Å². The van der Waals surface area contributed by atoms with Crippen LogP contribution in [0.4, 0.5) is 0 Å². The van der Waals surface area contributed by atoms with Gasteiger partial charge in [0, 0.05) is 65.8 Å². The van der Waals surface area contributed by atoms with Crippen molar-refractivity contribution in [1.82, 2.24) is 36.9 Å². The summed E-state index contributed by atoms with van der Waals surface area (Å²) in [5.41, 5.74) is 14.1. The monoisotopic (exact) mass is 1130 g/mol. The summed E-state index contributed by atoms with van der Waals surface area (Å²) in [6, 6.07) is 14.1. The maximum Gasteiger partial charge on any atom is 0.333 e. The molecule has 0 radical (unpaired) electrons. The highest BCUT2D eigenvalue weighted by atomic mass is 33.1. The summed E-state index contributed by atoms with van der Waals surface area (Å²) in [7, 11) is 2.18. The van der Waals surface area contributed by atoms with Crippen LogP contribution in [0, 0.1) is 0 Å². The Morgan fingerprint density at radius 3 is 1.81 bits per heavy atom. The summed E-state index contributed by atoms with van der Waals surface area (Å²) < 4.78 is 0. The van der Waals surface area contributed by atoms with Gasteiger partial charge in [0.15, 0.2) is 12.1 Å². The van der Waals surface area contributed by atoms with Crippen molar-refractivity contribution in [3.63, 3.8) is 0 Å². The van der Waals surface area contributed by atoms with E-state index in [-0.39, 0.29) is 42.9 Å². The number of aliphatic carboxylic acids is 3. The zero-order chi connectivity index (χ0) is 58.5. The van der Waals surface area contributed by atoms with Crippen LogP contribution in [-0.4, -0.2) is 141 Å². The van der Waals surface area contributed by atoms with E-state index >= 15 is 0 Å². The van der Waals surface area contributed by atoms with Gasteiger partial charge in [0.05, 0.1) is 12.6 Å². The van der Waals surface area contributed by atoms with Crippen molar-refractivity contribution in [3.8, 4) is 5.75 Å². The molecule has 8 atom stereocenters. The normalized spacial score (nSPS) is 19.2. The molecule has 0 aliphatic carbocycles. The molecule has 1 aliphatic heterocycles. The number of fused-ring (bicyclic) bond motifs is 1. The van der Waals surface area contributed by atoms with Gasteiger partial charge in [-0.05, 0) is 81.8 Å². The van der Waals surface area contributed by atoms with Gasteiger partial charge in [0.25, 0.3) is 5.91 Å². The number of carboxylic acids is 3. The highest BCUT2D eigenvalue weighted by molar-refractivity contribution is 8.76. The molecule has 0 bridgehead atoms. The number of phenols is 1. The molecule has 1 aromatic heterocycles. The number of H-pyrrole nitrogens is 1. The number of aromatic hydroxyl groups is 1. The Labute approximate surface area is 457 Å². The molecule has 27 heteroatoms. The topological polar surface area (TPSA) is 451 Å². The minimum Gasteiger partial charge on any atom is -0.550 e. The summed E-state index contributed by atoms with van der Waals surface area (Å²) in [6.07, 6.45) is 1.78. The highest BCUT2D eigenvalue weighted by Gasteiger charge is 2.36. The number of phenolic OH excluding ortho intramolecular Hbond substituents is 1. The van der Waals surface area contributed by atoms with Crippen LogP contribution in [0.15, 0.2) is 85.1 Å². The summed E-state index contributed by atoms with van der Waals surface area (Å²) in [5, 5.41) is 64.2. The molecule has 0 unspecified atom stereocenters. The molecule has 7 amide bonds. The summed E-state index contributed by atoms with van der Waals surface area (Å²) in [5.74, 6) is -8.51. The molecule has 25 nitrogen and oxygen atoms in total. The Morgan fingerprint density at radius 2 is 1.23 bits per heavy atom. The third-order valence-corrected chi connectivity index (χ3v) is 13.4. The molecule has 4 aromatic rings. The second kappa shape index (κ2) is 35.0. The van der Waals surface area contributed by atoms with E-state index < -0.39 is 108 Å². The van der Waals surface area contributed by atoms with E-state index in [1.165, 1.54) is 19.1 Å². The maximum atomic E-state index is 14.6. The summed E-state index contributed by atoms with van der Waals surface area (Å²) in [6.45, 7) is 4.78. The lowest BCUT2D eigenvalue weighted by atomic mass is 10.0. The summed E-state index contributed by atoms with van der Waals surface area (Å²) >= 11 is 0. The number of unbranched alkanes of at least 4 members (excludes halogenated alkanes) is 1. The standard InChI is InChI=1S/C45H58N10O9S2.3C2H4O2/c1-25(56)38(39(48)58)55-45(64)37-24-66-65-23-36(53-40(59)31(47)19-26-9-3-2-4-10-26)44(63)51-34(20-27-14-16-29(57)17-15-27)42(61)52-35(21-28-22-49-32-12-6-5-11-30(28)32)43(62)50-33(41(60)54-37)13-7-8-18-46;3*1-2(3)4/h2-6,9-12,14-17,22,25,31,33-38,49,56-57H,7-8,13,18-21,23-24,46-47H2,1H3,(H2,48,58)(H,50,62)(H,51,63)(H,52,61)(H,53,59)(H,54,60)(H,55,64);3*1H3,(H,3,4)/t25-,31-,33+,34+,35-,36+,37+,38+;;;/m1.../s1. The van der Waals surface area contributed by atoms with Crippen LogP contribution in [-0.2, 0) is 67.2 Å². The number of aromatic amines is 1. The van der Waals surface area contributed by atoms with Gasteiger partial charge in [-0.15, -0.1) is 0 Å². The fraction of sp³-hybridized carbons (Fsp3) is 0.412. The molecular formula is C51H70N10O15S2. The van der Waals surface area contributed by atoms with Crippen molar-refractivity contribution in [2.45, 2.75) is 115 Å². The molecule has 2 heterocycles. The van der Waals surface area contributed by atoms with Gasteiger partial charge in [-0.1, -0.05) is 82.3 Å². The fourth-order valence-electron chi connectivity index (χ4n) is 7.29. The first kappa shape index (κ1) is 66.6. The number of amides is 7. The Balaban J connectivity index is 0.00000157. The predicted molar refractivity (Wildman–Crippen MR) is 280 cm³/mol. The zero-order valence-corrected chi connectivity index (χ0v) is 45.3. The molecule has 426 valence electrons. The second-order valence-electron chi connectivity index (χ2n) is 17.7. The third kappa shape index (κ3) is 25.5. The Morgan fingerprint density at radius 1 is 0.705 bits per heavy atom. The van der Waals surface area contributed by atoms with E-state index in [1.54, 1.807) is 18.3 Å². The van der Waals surface area contributed by atoms with Crippen LogP contribution >= 0.6 is 21.6 Å². The van der Waals surface area contributed by atoms with Crippen LogP contribution in [0.1, 0.15) is 63.6 Å². The lowest BCUT2D eigenvalue weighted by Gasteiger charge is -2.27. The van der Waals surface area contributed by atoms with Crippen molar-refractivity contribution < 1.29 is 90.7 Å². The van der Waals surface area contributed by atoms with Gasteiger partial charge < -0.3 is 88.3 Å². The molecular weight excluding hydrogens is 1060 g/mol. The second-order valence-corrected chi connectivity index (χ2v) is 20.3. The number of aromatic nitrogens is 1. The van der Waals surface area contributed by atoms with Crippen LogP contribution in [0.25, 0.3) is 10.9 Å². The van der Waals surface area contributed by atoms with Crippen LogP contribution in [0.3, 0.4) is 0 Å². The first-order valence-electron chi connectivity index (χ1n) is 24.5. The smallest absolute Gasteiger partial charge is 0.333 e. The van der Waals surface area contributed by atoms with Gasteiger partial charge in [-0.3, -0.25) is 34.5 Å². The summed E-state index contributed by atoms with van der Waals surface area (Å²) in [4.78, 5) is 127. The molecule has 0 spiro atoms. The maximum absolute atomic E-state index is 14.6. The molecule has 78 heavy (non-hydrogen) atoms. The van der Waals surface area contributed by atoms with Crippen molar-refractivity contribution in [1.29, 1.82) is 0 Å². The zero-order valence-electron chi connectivity index (χ0n) is 43.7. The number of quaternary nitrogens is 3. The lowest BCUT2D eigenvalue weighted by Crippen LogP contribution is -2.70. The number of hydrogen-bond acceptors (Lipinski definition) is 17. The number of aliphatic hydroxyl groups excluding tert-OH is 1. The highest BCUT2D eigenvalue weighted by Crippen LogP contribution is 2.25. The quantitative estimate of drug-likeness (QED) is 0.0367. The van der Waals surface area contributed by atoms with Crippen molar-refractivity contribution >= 4 is 91.7 Å². The fourth-order valence-corrected chi connectivity index (χ4v) is 9.62. The number of nitrogens with one attached hydrogen (secondary N) is 7. The Hall–Kier alpha value is -7.56. The first-order chi connectivity index (χ1) is 36.8. The number of carboxylic acid groups (broad SMARTS) is 3. The van der Waals surface area contributed by atoms with E-state index in [9.17, 15) is 43.8 Å². The molecule has 0 saturated carbocycles. The van der Waals surface area contributed by atoms with Gasteiger partial charge in [-0.2, -0.15) is 0 Å². The molecule has 18 N–H and O–H groups in total. The minimum absolute atomic E-state index is 0.0145. The van der Waals surface area contributed by atoms with Crippen LogP contribution in [0.5, 0.6) is 5.75 Å². The van der Waals surface area contributed by atoms with E-state index in [0.717, 1.165) is 58.8 Å². The SMILES string of the molecule is CC(=O)[O-].CC(=O)[O-].CC(=O)[O-].C[C@@H](O)[C@H](NC(=O)[C@@H]1CSSC[C@H](NC(=O)[C@H]([NH3+])Cc2ccccc2)C(=O)N[C@@H](Cc2ccc(O)cc2)C(=O)N[C@H](Cc2c[nH]c3ccccc23)C(=O)N[C@@H](CCCC[NH3+])C(=O)N1)C([NH3+])=O. The van der Waals surface area contributed by atoms with Gasteiger partial charge in [0.1, 0.15) is 36.0 Å². The lowest BCUT2D eigenvalue weighted by molar-refractivity contribution is -0.403. The Kier molecular flexibility index (Phi) is 29.8. The van der Waals surface area contributed by atoms with Gasteiger partial charge in [-0.25, -0.2) is 4.79 Å². The van der Waals surface area contributed by atoms with Gasteiger partial charge >= 0.3 is 5.91 Å². The largest absolute Gasteiger partial charge is 0.550 e. The third-order valence-electron chi connectivity index (χ3n) is 11.0. The average molecular weight is 1130 g/mol. The molecule has 1 saturated heterocycles. The van der Waals surface area contributed by atoms with E-state index in [1.807, 2.05) is 54.6 Å². The number of carbonyl (C=O) groups excluding carboxylic acids is 10. The first-order valence-corrected chi connectivity index (χ1v) is 26.9. The average Bonchev–Trinajstić information content (AvgIpc) is 3.77. The number of hydrogen-bond donors (Lipinski definition) is 12. The van der Waals surface area contributed by atoms with E-state index in [4.69, 9.17) is 29.7 Å². The number of rotatable bonds is 16. The molecule has 5 rings (SSSR count). The number of benzene rings is 3. The van der Waals surface area contributed by atoms with Crippen LogP contribution in [0.2, 0.25) is 0 Å². The van der Waals surface area contributed by atoms with Gasteiger partial charge in [0.2, 0.25) is 29.5 Å². The number of carbonyl (C=O) groups is 10. The molecule has 3 aromatic carbocycles. The minimum atomic E-state index is -1.39. The van der Waals surface area contributed by atoms with Crippen molar-refractivity contribution in [2.24, 2.45) is 0 Å².